The topological polar surface area (TPSA) is 66.5 Å². The van der Waals surface area contributed by atoms with Crippen molar-refractivity contribution in [2.24, 2.45) is 0 Å². The first-order valence-electron chi connectivity index (χ1n) is 9.48. The van der Waals surface area contributed by atoms with E-state index < -0.39 is 0 Å². The Kier molecular flexibility index (Phi) is 6.54. The molecule has 0 spiro atoms. The Morgan fingerprint density at radius 2 is 1.72 bits per heavy atom. The predicted octanol–water partition coefficient (Wildman–Crippen LogP) is 4.01. The fourth-order valence-corrected chi connectivity index (χ4v) is 3.91. The number of carbonyl (C=O) groups excluding carboxylic acids is 3. The monoisotopic (exact) mass is 408 g/mol. The number of thioether (sulfide) groups is 1. The van der Waals surface area contributed by atoms with Crippen molar-refractivity contribution < 1.29 is 14.4 Å². The van der Waals surface area contributed by atoms with Gasteiger partial charge < -0.3 is 5.32 Å². The summed E-state index contributed by atoms with van der Waals surface area (Å²) >= 11 is 0.932. The summed E-state index contributed by atoms with van der Waals surface area (Å²) < 4.78 is 0. The third-order valence-corrected chi connectivity index (χ3v) is 5.67. The van der Waals surface area contributed by atoms with Crippen molar-refractivity contribution in [3.8, 4) is 0 Å². The minimum atomic E-state index is -0.315. The molecule has 1 aliphatic rings. The van der Waals surface area contributed by atoms with E-state index in [2.05, 4.69) is 5.32 Å². The summed E-state index contributed by atoms with van der Waals surface area (Å²) in [6.07, 6.45) is 2.01. The normalized spacial score (nSPS) is 15.3. The van der Waals surface area contributed by atoms with Gasteiger partial charge in [0.1, 0.15) is 0 Å². The lowest BCUT2D eigenvalue weighted by molar-refractivity contribution is -0.124. The molecule has 2 aromatic carbocycles. The molecule has 150 valence electrons. The minimum Gasteiger partial charge on any atom is -0.354 e. The molecule has 1 heterocycles. The Bertz CT molecular complexity index is 980. The summed E-state index contributed by atoms with van der Waals surface area (Å²) in [5, 5.41) is 2.49. The van der Waals surface area contributed by atoms with Crippen LogP contribution in [0.4, 0.5) is 4.79 Å². The molecule has 5 nitrogen and oxygen atoms in total. The zero-order valence-corrected chi connectivity index (χ0v) is 17.6. The van der Waals surface area contributed by atoms with Crippen molar-refractivity contribution >= 4 is 34.9 Å². The van der Waals surface area contributed by atoms with Gasteiger partial charge in [0.15, 0.2) is 0 Å². The van der Waals surface area contributed by atoms with Crippen molar-refractivity contribution in [3.05, 3.63) is 75.2 Å². The molecule has 1 aliphatic heterocycles. The lowest BCUT2D eigenvalue weighted by atomic mass is 10.0. The molecule has 1 N–H and O–H groups in total. The van der Waals surface area contributed by atoms with Gasteiger partial charge in [0.25, 0.3) is 11.1 Å². The standard InChI is InChI=1S/C23H24N2O3S/c1-15-5-8-18(9-6-15)13-20-22(27)25(23(28)29-20)11-10-24-21(26)14-19-12-16(2)4-7-17(19)3/h4-9,12-13H,10-11,14H2,1-3H3,(H,24,26). The van der Waals surface area contributed by atoms with E-state index in [0.29, 0.717) is 4.91 Å². The van der Waals surface area contributed by atoms with Crippen LogP contribution in [0.3, 0.4) is 0 Å². The zero-order chi connectivity index (χ0) is 21.0. The van der Waals surface area contributed by atoms with E-state index in [1.165, 1.54) is 4.90 Å². The number of imide groups is 1. The number of rotatable bonds is 6. The molecule has 0 atom stereocenters. The molecule has 0 aliphatic carbocycles. The van der Waals surface area contributed by atoms with Crippen molar-refractivity contribution in [2.45, 2.75) is 27.2 Å². The summed E-state index contributed by atoms with van der Waals surface area (Å²) in [7, 11) is 0. The molecule has 29 heavy (non-hydrogen) atoms. The molecule has 3 rings (SSSR count). The molecule has 6 heteroatoms. The average molecular weight is 409 g/mol. The van der Waals surface area contributed by atoms with Crippen molar-refractivity contribution in [1.29, 1.82) is 0 Å². The number of hydrogen-bond acceptors (Lipinski definition) is 4. The van der Waals surface area contributed by atoms with Gasteiger partial charge >= 0.3 is 0 Å². The summed E-state index contributed by atoms with van der Waals surface area (Å²) in [5.41, 5.74) is 5.17. The minimum absolute atomic E-state index is 0.124. The molecular weight excluding hydrogens is 384 g/mol. The Labute approximate surface area is 175 Å². The van der Waals surface area contributed by atoms with Crippen molar-refractivity contribution in [1.82, 2.24) is 10.2 Å². The first-order valence-corrected chi connectivity index (χ1v) is 10.3. The van der Waals surface area contributed by atoms with Gasteiger partial charge in [-0.1, -0.05) is 53.6 Å². The summed E-state index contributed by atoms with van der Waals surface area (Å²) in [5.74, 6) is -0.440. The maximum absolute atomic E-state index is 12.5. The Morgan fingerprint density at radius 1 is 1.03 bits per heavy atom. The fourth-order valence-electron chi connectivity index (χ4n) is 3.04. The van der Waals surface area contributed by atoms with E-state index in [-0.39, 0.29) is 36.6 Å². The van der Waals surface area contributed by atoms with E-state index in [9.17, 15) is 14.4 Å². The molecule has 0 unspecified atom stereocenters. The molecule has 1 saturated heterocycles. The number of aryl methyl sites for hydroxylation is 3. The number of nitrogens with one attached hydrogen (secondary N) is 1. The first kappa shape index (κ1) is 20.9. The average Bonchev–Trinajstić information content (AvgIpc) is 2.94. The maximum Gasteiger partial charge on any atom is 0.293 e. The Morgan fingerprint density at radius 3 is 2.45 bits per heavy atom. The number of hydrogen-bond donors (Lipinski definition) is 1. The third kappa shape index (κ3) is 5.35. The second kappa shape index (κ2) is 9.09. The lowest BCUT2D eigenvalue weighted by Gasteiger charge is -2.13. The summed E-state index contributed by atoms with van der Waals surface area (Å²) in [4.78, 5) is 38.6. The van der Waals surface area contributed by atoms with Crippen molar-refractivity contribution in [3.63, 3.8) is 0 Å². The van der Waals surface area contributed by atoms with Gasteiger partial charge in [-0.05, 0) is 55.3 Å². The van der Waals surface area contributed by atoms with E-state index in [0.717, 1.165) is 39.6 Å². The van der Waals surface area contributed by atoms with Gasteiger partial charge in [-0.25, -0.2) is 0 Å². The number of benzene rings is 2. The van der Waals surface area contributed by atoms with E-state index in [1.807, 2.05) is 63.2 Å². The van der Waals surface area contributed by atoms with Crippen LogP contribution in [-0.2, 0) is 16.0 Å². The number of amides is 3. The Balaban J connectivity index is 1.54. The molecule has 0 radical (unpaired) electrons. The molecule has 0 aromatic heterocycles. The van der Waals surface area contributed by atoms with Crippen LogP contribution in [0.25, 0.3) is 6.08 Å². The maximum atomic E-state index is 12.5. The van der Waals surface area contributed by atoms with Crippen LogP contribution in [0, 0.1) is 20.8 Å². The van der Waals surface area contributed by atoms with Gasteiger partial charge in [0, 0.05) is 13.1 Å². The smallest absolute Gasteiger partial charge is 0.293 e. The van der Waals surface area contributed by atoms with Crippen LogP contribution in [-0.4, -0.2) is 35.0 Å². The highest BCUT2D eigenvalue weighted by atomic mass is 32.2. The molecule has 0 saturated carbocycles. The van der Waals surface area contributed by atoms with Crippen LogP contribution >= 0.6 is 11.8 Å². The van der Waals surface area contributed by atoms with Crippen LogP contribution in [0.2, 0.25) is 0 Å². The second-order valence-electron chi connectivity index (χ2n) is 7.20. The highest BCUT2D eigenvalue weighted by Crippen LogP contribution is 2.31. The van der Waals surface area contributed by atoms with E-state index >= 15 is 0 Å². The van der Waals surface area contributed by atoms with Crippen LogP contribution in [0.1, 0.15) is 27.8 Å². The largest absolute Gasteiger partial charge is 0.354 e. The van der Waals surface area contributed by atoms with Crippen molar-refractivity contribution in [2.75, 3.05) is 13.1 Å². The first-order chi connectivity index (χ1) is 13.8. The SMILES string of the molecule is Cc1ccc(C=C2SC(=O)N(CCNC(=O)Cc3cc(C)ccc3C)C2=O)cc1. The summed E-state index contributed by atoms with van der Waals surface area (Å²) in [6.45, 7) is 6.35. The zero-order valence-electron chi connectivity index (χ0n) is 16.8. The predicted molar refractivity (Wildman–Crippen MR) is 116 cm³/mol. The number of nitrogens with zero attached hydrogens (tertiary/aromatic N) is 1. The highest BCUT2D eigenvalue weighted by molar-refractivity contribution is 8.18. The molecule has 2 aromatic rings. The molecule has 0 bridgehead atoms. The van der Waals surface area contributed by atoms with Gasteiger partial charge in [-0.3, -0.25) is 19.3 Å². The quantitative estimate of drug-likeness (QED) is 0.734. The Hall–Kier alpha value is -2.86. The van der Waals surface area contributed by atoms with E-state index in [4.69, 9.17) is 0 Å². The second-order valence-corrected chi connectivity index (χ2v) is 8.19. The molecule has 3 amide bonds. The fraction of sp³-hybridized carbons (Fsp3) is 0.261. The van der Waals surface area contributed by atoms with Gasteiger partial charge in [-0.15, -0.1) is 0 Å². The van der Waals surface area contributed by atoms with E-state index in [1.54, 1.807) is 6.08 Å². The molecule has 1 fully saturated rings. The highest BCUT2D eigenvalue weighted by Gasteiger charge is 2.34. The summed E-state index contributed by atoms with van der Waals surface area (Å²) in [6, 6.07) is 13.8. The lowest BCUT2D eigenvalue weighted by Crippen LogP contribution is -2.37. The van der Waals surface area contributed by atoms with Gasteiger partial charge in [0.2, 0.25) is 5.91 Å². The number of carbonyl (C=O) groups is 3. The molecular formula is C23H24N2O3S. The van der Waals surface area contributed by atoms with Crippen LogP contribution < -0.4 is 5.32 Å². The van der Waals surface area contributed by atoms with Crippen LogP contribution in [0.15, 0.2) is 47.4 Å². The third-order valence-electron chi connectivity index (χ3n) is 4.76. The van der Waals surface area contributed by atoms with Gasteiger partial charge in [-0.2, -0.15) is 0 Å². The van der Waals surface area contributed by atoms with Crippen LogP contribution in [0.5, 0.6) is 0 Å². The van der Waals surface area contributed by atoms with Gasteiger partial charge in [0.05, 0.1) is 11.3 Å².